The van der Waals surface area contributed by atoms with Gasteiger partial charge in [0.05, 0.1) is 6.10 Å². The minimum Gasteiger partial charge on any atom is -0.461 e. The second-order valence-corrected chi connectivity index (χ2v) is 6.35. The molecule has 1 rings (SSSR count). The first kappa shape index (κ1) is 15.5. The summed E-state index contributed by atoms with van der Waals surface area (Å²) in [6, 6.07) is 0. The summed E-state index contributed by atoms with van der Waals surface area (Å²) in [4.78, 5) is 12.2. The van der Waals surface area contributed by atoms with Gasteiger partial charge in [-0.05, 0) is 50.9 Å². The molecule has 106 valence electrons. The minimum absolute atomic E-state index is 0.0261. The van der Waals surface area contributed by atoms with E-state index in [0.29, 0.717) is 5.92 Å². The maximum atomic E-state index is 12.2. The van der Waals surface area contributed by atoms with Crippen LogP contribution in [0.5, 0.6) is 0 Å². The maximum Gasteiger partial charge on any atom is 0.326 e. The van der Waals surface area contributed by atoms with Gasteiger partial charge in [0, 0.05) is 0 Å². The SMILES string of the molecule is CCC1CCC(N)(C(=O)OC(C)CC(C)C)CC1. The molecule has 0 radical (unpaired) electrons. The van der Waals surface area contributed by atoms with Crippen LogP contribution in [0.2, 0.25) is 0 Å². The molecule has 18 heavy (non-hydrogen) atoms. The van der Waals surface area contributed by atoms with E-state index in [-0.39, 0.29) is 12.1 Å². The fraction of sp³-hybridized carbons (Fsp3) is 0.933. The standard InChI is InChI=1S/C15H29NO2/c1-5-13-6-8-15(16,9-7-13)14(17)18-12(4)10-11(2)3/h11-13H,5-10,16H2,1-4H3. The Morgan fingerprint density at radius 2 is 1.89 bits per heavy atom. The maximum absolute atomic E-state index is 12.2. The van der Waals surface area contributed by atoms with Crippen LogP contribution in [0.25, 0.3) is 0 Å². The molecule has 1 aliphatic carbocycles. The van der Waals surface area contributed by atoms with Crippen LogP contribution in [0.4, 0.5) is 0 Å². The first-order chi connectivity index (χ1) is 8.37. The molecule has 0 aliphatic heterocycles. The van der Waals surface area contributed by atoms with Gasteiger partial charge in [-0.2, -0.15) is 0 Å². The number of carbonyl (C=O) groups is 1. The second kappa shape index (κ2) is 6.55. The molecule has 1 fully saturated rings. The zero-order valence-electron chi connectivity index (χ0n) is 12.4. The summed E-state index contributed by atoms with van der Waals surface area (Å²) in [5, 5.41) is 0. The van der Waals surface area contributed by atoms with Gasteiger partial charge in [-0.15, -0.1) is 0 Å². The van der Waals surface area contributed by atoms with Crippen molar-refractivity contribution in [3.63, 3.8) is 0 Å². The minimum atomic E-state index is -0.725. The molecule has 0 aromatic rings. The lowest BCUT2D eigenvalue weighted by atomic mass is 9.76. The van der Waals surface area contributed by atoms with Crippen LogP contribution in [-0.2, 0) is 9.53 Å². The molecule has 3 heteroatoms. The van der Waals surface area contributed by atoms with E-state index in [4.69, 9.17) is 10.5 Å². The van der Waals surface area contributed by atoms with Gasteiger partial charge in [-0.25, -0.2) is 0 Å². The molecule has 1 atom stereocenters. The average Bonchev–Trinajstić information content (AvgIpc) is 2.28. The number of esters is 1. The molecule has 0 amide bonds. The summed E-state index contributed by atoms with van der Waals surface area (Å²) in [5.41, 5.74) is 5.50. The van der Waals surface area contributed by atoms with Gasteiger partial charge in [0.15, 0.2) is 0 Å². The van der Waals surface area contributed by atoms with Crippen molar-refractivity contribution in [2.45, 2.75) is 77.9 Å². The normalized spacial score (nSPS) is 30.2. The van der Waals surface area contributed by atoms with Crippen LogP contribution in [0.15, 0.2) is 0 Å². The van der Waals surface area contributed by atoms with Crippen LogP contribution in [0.3, 0.4) is 0 Å². The number of hydrogen-bond donors (Lipinski definition) is 1. The lowest BCUT2D eigenvalue weighted by Crippen LogP contribution is -2.52. The summed E-state index contributed by atoms with van der Waals surface area (Å²) in [6.07, 6.45) is 5.73. The molecule has 2 N–H and O–H groups in total. The third-order valence-electron chi connectivity index (χ3n) is 4.09. The summed E-state index contributed by atoms with van der Waals surface area (Å²) in [7, 11) is 0. The van der Waals surface area contributed by atoms with Crippen molar-refractivity contribution in [1.82, 2.24) is 0 Å². The molecule has 1 aliphatic rings. The van der Waals surface area contributed by atoms with Crippen LogP contribution >= 0.6 is 0 Å². The molecule has 0 aromatic carbocycles. The Balaban J connectivity index is 2.46. The molecule has 0 saturated heterocycles. The largest absolute Gasteiger partial charge is 0.461 e. The average molecular weight is 255 g/mol. The van der Waals surface area contributed by atoms with E-state index < -0.39 is 5.54 Å². The Morgan fingerprint density at radius 3 is 2.33 bits per heavy atom. The van der Waals surface area contributed by atoms with Crippen molar-refractivity contribution < 1.29 is 9.53 Å². The molecular weight excluding hydrogens is 226 g/mol. The van der Waals surface area contributed by atoms with Crippen molar-refractivity contribution in [3.8, 4) is 0 Å². The summed E-state index contributed by atoms with van der Waals surface area (Å²) >= 11 is 0. The van der Waals surface area contributed by atoms with E-state index >= 15 is 0 Å². The summed E-state index contributed by atoms with van der Waals surface area (Å²) < 4.78 is 5.51. The molecule has 1 unspecified atom stereocenters. The number of hydrogen-bond acceptors (Lipinski definition) is 3. The summed E-state index contributed by atoms with van der Waals surface area (Å²) in [5.74, 6) is 1.09. The van der Waals surface area contributed by atoms with Gasteiger partial charge in [-0.1, -0.05) is 27.2 Å². The van der Waals surface area contributed by atoms with Gasteiger partial charge in [-0.3, -0.25) is 4.79 Å². The first-order valence-corrected chi connectivity index (χ1v) is 7.37. The van der Waals surface area contributed by atoms with Gasteiger partial charge in [0.1, 0.15) is 5.54 Å². The molecule has 0 spiro atoms. The van der Waals surface area contributed by atoms with Crippen molar-refractivity contribution in [1.29, 1.82) is 0 Å². The Labute approximate surface area is 111 Å². The molecule has 3 nitrogen and oxygen atoms in total. The van der Waals surface area contributed by atoms with Gasteiger partial charge >= 0.3 is 5.97 Å². The van der Waals surface area contributed by atoms with Crippen molar-refractivity contribution >= 4 is 5.97 Å². The highest BCUT2D eigenvalue weighted by Gasteiger charge is 2.39. The van der Waals surface area contributed by atoms with Crippen LogP contribution in [0, 0.1) is 11.8 Å². The zero-order chi connectivity index (χ0) is 13.8. The molecule has 0 aromatic heterocycles. The highest BCUT2D eigenvalue weighted by Crippen LogP contribution is 2.33. The predicted molar refractivity (Wildman–Crippen MR) is 74.2 cm³/mol. The molecule has 1 saturated carbocycles. The van der Waals surface area contributed by atoms with Crippen LogP contribution < -0.4 is 5.73 Å². The number of nitrogens with two attached hydrogens (primary N) is 1. The first-order valence-electron chi connectivity index (χ1n) is 7.37. The van der Waals surface area contributed by atoms with Crippen molar-refractivity contribution in [3.05, 3.63) is 0 Å². The fourth-order valence-corrected chi connectivity index (χ4v) is 2.82. The number of rotatable bonds is 5. The van der Waals surface area contributed by atoms with Gasteiger partial charge in [0.25, 0.3) is 0 Å². The number of carbonyl (C=O) groups excluding carboxylic acids is 1. The van der Waals surface area contributed by atoms with Crippen molar-refractivity contribution in [2.75, 3.05) is 0 Å². The van der Waals surface area contributed by atoms with E-state index in [1.165, 1.54) is 6.42 Å². The third-order valence-corrected chi connectivity index (χ3v) is 4.09. The van der Waals surface area contributed by atoms with Crippen molar-refractivity contribution in [2.24, 2.45) is 17.6 Å². The van der Waals surface area contributed by atoms with Crippen LogP contribution in [0.1, 0.15) is 66.2 Å². The van der Waals surface area contributed by atoms with E-state index in [1.54, 1.807) is 0 Å². The Hall–Kier alpha value is -0.570. The highest BCUT2D eigenvalue weighted by molar-refractivity contribution is 5.80. The molecule has 0 heterocycles. The Bertz CT molecular complexity index is 268. The third kappa shape index (κ3) is 4.27. The Kier molecular flexibility index (Phi) is 5.64. The smallest absolute Gasteiger partial charge is 0.326 e. The van der Waals surface area contributed by atoms with E-state index in [2.05, 4.69) is 20.8 Å². The monoisotopic (exact) mass is 255 g/mol. The predicted octanol–water partition coefficient (Wildman–Crippen LogP) is 3.26. The van der Waals surface area contributed by atoms with E-state index in [0.717, 1.165) is 38.0 Å². The van der Waals surface area contributed by atoms with E-state index in [9.17, 15) is 4.79 Å². The molecule has 0 bridgehead atoms. The van der Waals surface area contributed by atoms with Gasteiger partial charge in [0.2, 0.25) is 0 Å². The summed E-state index contributed by atoms with van der Waals surface area (Å²) in [6.45, 7) is 8.43. The fourth-order valence-electron chi connectivity index (χ4n) is 2.82. The van der Waals surface area contributed by atoms with Gasteiger partial charge < -0.3 is 10.5 Å². The van der Waals surface area contributed by atoms with Crippen LogP contribution in [-0.4, -0.2) is 17.6 Å². The zero-order valence-corrected chi connectivity index (χ0v) is 12.4. The molecular formula is C15H29NO2. The second-order valence-electron chi connectivity index (χ2n) is 6.35. The van der Waals surface area contributed by atoms with E-state index in [1.807, 2.05) is 6.92 Å². The lowest BCUT2D eigenvalue weighted by Gasteiger charge is -2.35. The highest BCUT2D eigenvalue weighted by atomic mass is 16.5. The quantitative estimate of drug-likeness (QED) is 0.767. The Morgan fingerprint density at radius 1 is 1.33 bits per heavy atom. The topological polar surface area (TPSA) is 52.3 Å². The lowest BCUT2D eigenvalue weighted by molar-refractivity contribution is -0.157. The number of ether oxygens (including phenoxy) is 1.